The molecule has 2 aromatic carbocycles. The molecule has 0 saturated carbocycles. The Kier molecular flexibility index (Phi) is 5.81. The molecule has 0 fully saturated rings. The fourth-order valence-electron chi connectivity index (χ4n) is 2.81. The molecule has 2 N–H and O–H groups in total. The molecule has 0 unspecified atom stereocenters. The van der Waals surface area contributed by atoms with E-state index < -0.39 is 21.4 Å². The zero-order valence-corrected chi connectivity index (χ0v) is 18.5. The van der Waals surface area contributed by atoms with Crippen LogP contribution >= 0.6 is 15.9 Å². The molecule has 0 atom stereocenters. The van der Waals surface area contributed by atoms with E-state index >= 15 is 0 Å². The molecule has 3 rings (SSSR count). The second-order valence-electron chi connectivity index (χ2n) is 6.82. The summed E-state index contributed by atoms with van der Waals surface area (Å²) in [5.41, 5.74) is 0.330. The minimum absolute atomic E-state index is 0.0395. The molecule has 0 aliphatic carbocycles. The third kappa shape index (κ3) is 4.20. The number of anilines is 1. The second kappa shape index (κ2) is 8.00. The van der Waals surface area contributed by atoms with Crippen molar-refractivity contribution in [2.24, 2.45) is 0 Å². The fourth-order valence-corrected chi connectivity index (χ4v) is 4.30. The average Bonchev–Trinajstić information content (AvgIpc) is 2.67. The van der Waals surface area contributed by atoms with Crippen LogP contribution in [0.15, 0.2) is 62.8 Å². The third-order valence-corrected chi connectivity index (χ3v) is 6.68. The highest BCUT2D eigenvalue weighted by molar-refractivity contribution is 9.10. The zero-order valence-electron chi connectivity index (χ0n) is 16.1. The van der Waals surface area contributed by atoms with E-state index in [9.17, 15) is 18.0 Å². The molecule has 29 heavy (non-hydrogen) atoms. The van der Waals surface area contributed by atoms with Crippen LogP contribution in [0, 0.1) is 0 Å². The molecule has 0 spiro atoms. The van der Waals surface area contributed by atoms with Gasteiger partial charge in [0.1, 0.15) is 5.56 Å². The molecule has 0 bridgehead atoms. The summed E-state index contributed by atoms with van der Waals surface area (Å²) in [7, 11) is -2.46. The van der Waals surface area contributed by atoms with Gasteiger partial charge in [-0.05, 0) is 56.3 Å². The van der Waals surface area contributed by atoms with Crippen LogP contribution in [0.25, 0.3) is 10.9 Å². The maximum atomic E-state index is 13.1. The lowest BCUT2D eigenvalue weighted by molar-refractivity contribution is 0.0942. The lowest BCUT2D eigenvalue weighted by Gasteiger charge is -2.20. The van der Waals surface area contributed by atoms with E-state index in [4.69, 9.17) is 0 Å². The summed E-state index contributed by atoms with van der Waals surface area (Å²) in [6.45, 7) is 3.57. The van der Waals surface area contributed by atoms with Crippen molar-refractivity contribution in [3.63, 3.8) is 0 Å². The van der Waals surface area contributed by atoms with Gasteiger partial charge in [-0.2, -0.15) is 0 Å². The van der Waals surface area contributed by atoms with Gasteiger partial charge in [-0.25, -0.2) is 8.42 Å². The Morgan fingerprint density at radius 2 is 1.79 bits per heavy atom. The SMILES string of the molecule is CC(C)NC(=O)c1c[nH]c2ccc(S(=O)(=O)N(C)c3ccc(Br)cc3)cc2c1=O. The van der Waals surface area contributed by atoms with Gasteiger partial charge in [0, 0.05) is 34.7 Å². The number of rotatable bonds is 5. The molecular weight excluding hydrogens is 458 g/mol. The minimum atomic E-state index is -3.90. The maximum absolute atomic E-state index is 13.1. The van der Waals surface area contributed by atoms with Gasteiger partial charge in [-0.15, -0.1) is 0 Å². The standard InChI is InChI=1S/C20H20BrN3O4S/c1-12(2)23-20(26)17-11-22-18-9-8-15(10-16(18)19(17)25)29(27,28)24(3)14-6-4-13(21)5-7-14/h4-12H,1-3H3,(H,22,25)(H,23,26). The first-order valence-electron chi connectivity index (χ1n) is 8.82. The fraction of sp³-hybridized carbons (Fsp3) is 0.200. The van der Waals surface area contributed by atoms with E-state index in [-0.39, 0.29) is 21.9 Å². The monoisotopic (exact) mass is 477 g/mol. The van der Waals surface area contributed by atoms with Crippen LogP contribution in [-0.4, -0.2) is 32.4 Å². The molecule has 1 amide bonds. The number of halogens is 1. The summed E-state index contributed by atoms with van der Waals surface area (Å²) in [6.07, 6.45) is 1.34. The van der Waals surface area contributed by atoms with Crippen molar-refractivity contribution in [2.75, 3.05) is 11.4 Å². The second-order valence-corrected chi connectivity index (χ2v) is 9.70. The summed E-state index contributed by atoms with van der Waals surface area (Å²) in [5, 5.41) is 2.80. The number of hydrogen-bond donors (Lipinski definition) is 2. The third-order valence-electron chi connectivity index (χ3n) is 4.37. The first-order chi connectivity index (χ1) is 13.6. The molecular formula is C20H20BrN3O4S. The Morgan fingerprint density at radius 1 is 1.14 bits per heavy atom. The number of hydrogen-bond acceptors (Lipinski definition) is 4. The number of fused-ring (bicyclic) bond motifs is 1. The Labute approximate surface area is 176 Å². The van der Waals surface area contributed by atoms with E-state index in [2.05, 4.69) is 26.2 Å². The number of carbonyl (C=O) groups is 1. The highest BCUT2D eigenvalue weighted by atomic mass is 79.9. The number of carbonyl (C=O) groups excluding carboxylic acids is 1. The number of sulfonamides is 1. The normalized spacial score (nSPS) is 11.6. The Bertz CT molecular complexity index is 1230. The maximum Gasteiger partial charge on any atom is 0.264 e. The van der Waals surface area contributed by atoms with E-state index in [1.165, 1.54) is 31.4 Å². The van der Waals surface area contributed by atoms with Gasteiger partial charge in [0.2, 0.25) is 5.43 Å². The lowest BCUT2D eigenvalue weighted by atomic mass is 10.1. The van der Waals surface area contributed by atoms with Crippen molar-refractivity contribution in [1.29, 1.82) is 0 Å². The number of H-pyrrole nitrogens is 1. The Hall–Kier alpha value is -2.65. The molecule has 0 saturated heterocycles. The Morgan fingerprint density at radius 3 is 2.41 bits per heavy atom. The van der Waals surface area contributed by atoms with Crippen molar-refractivity contribution in [1.82, 2.24) is 10.3 Å². The van der Waals surface area contributed by atoms with E-state index in [1.54, 1.807) is 38.1 Å². The first kappa shape index (κ1) is 21.1. The summed E-state index contributed by atoms with van der Waals surface area (Å²) in [5.74, 6) is -0.511. The number of pyridine rings is 1. The van der Waals surface area contributed by atoms with E-state index in [0.29, 0.717) is 11.2 Å². The Balaban J connectivity index is 2.08. The zero-order chi connectivity index (χ0) is 21.3. The van der Waals surface area contributed by atoms with Crippen molar-refractivity contribution in [2.45, 2.75) is 24.8 Å². The van der Waals surface area contributed by atoms with Crippen molar-refractivity contribution < 1.29 is 13.2 Å². The van der Waals surface area contributed by atoms with Crippen LogP contribution in [0.4, 0.5) is 5.69 Å². The predicted molar refractivity (Wildman–Crippen MR) is 117 cm³/mol. The molecule has 0 aliphatic heterocycles. The molecule has 1 heterocycles. The molecule has 9 heteroatoms. The van der Waals surface area contributed by atoms with Gasteiger partial charge in [-0.1, -0.05) is 15.9 Å². The van der Waals surface area contributed by atoms with Crippen LogP contribution < -0.4 is 15.1 Å². The van der Waals surface area contributed by atoms with Crippen molar-refractivity contribution >= 4 is 48.5 Å². The number of nitrogens with one attached hydrogen (secondary N) is 2. The highest BCUT2D eigenvalue weighted by Crippen LogP contribution is 2.25. The van der Waals surface area contributed by atoms with Crippen molar-refractivity contribution in [3.05, 3.63) is 68.9 Å². The number of amides is 1. The largest absolute Gasteiger partial charge is 0.360 e. The van der Waals surface area contributed by atoms with Gasteiger partial charge < -0.3 is 10.3 Å². The lowest BCUT2D eigenvalue weighted by Crippen LogP contribution is -2.33. The highest BCUT2D eigenvalue weighted by Gasteiger charge is 2.23. The van der Waals surface area contributed by atoms with Gasteiger partial charge in [0.15, 0.2) is 0 Å². The quantitative estimate of drug-likeness (QED) is 0.588. The van der Waals surface area contributed by atoms with Gasteiger partial charge >= 0.3 is 0 Å². The van der Waals surface area contributed by atoms with E-state index in [1.807, 2.05) is 0 Å². The molecule has 0 radical (unpaired) electrons. The number of aromatic amines is 1. The first-order valence-corrected chi connectivity index (χ1v) is 11.1. The summed E-state index contributed by atoms with van der Waals surface area (Å²) in [6, 6.07) is 10.9. The molecule has 0 aliphatic rings. The predicted octanol–water partition coefficient (Wildman–Crippen LogP) is 3.25. The van der Waals surface area contributed by atoms with Crippen LogP contribution in [-0.2, 0) is 10.0 Å². The van der Waals surface area contributed by atoms with Gasteiger partial charge in [-0.3, -0.25) is 13.9 Å². The number of benzene rings is 2. The van der Waals surface area contributed by atoms with Crippen LogP contribution in [0.5, 0.6) is 0 Å². The number of nitrogens with zero attached hydrogens (tertiary/aromatic N) is 1. The summed E-state index contributed by atoms with van der Waals surface area (Å²) in [4.78, 5) is 27.9. The van der Waals surface area contributed by atoms with Gasteiger partial charge in [0.05, 0.1) is 10.6 Å². The van der Waals surface area contributed by atoms with Gasteiger partial charge in [0.25, 0.3) is 15.9 Å². The smallest absolute Gasteiger partial charge is 0.264 e. The molecule has 7 nitrogen and oxygen atoms in total. The molecule has 3 aromatic rings. The molecule has 1 aromatic heterocycles. The average molecular weight is 478 g/mol. The number of aromatic nitrogens is 1. The van der Waals surface area contributed by atoms with E-state index in [0.717, 1.165) is 8.78 Å². The summed E-state index contributed by atoms with van der Waals surface area (Å²) < 4.78 is 28.1. The van der Waals surface area contributed by atoms with Crippen LogP contribution in [0.3, 0.4) is 0 Å². The topological polar surface area (TPSA) is 99.3 Å². The summed E-state index contributed by atoms with van der Waals surface area (Å²) >= 11 is 3.32. The minimum Gasteiger partial charge on any atom is -0.360 e. The van der Waals surface area contributed by atoms with Crippen molar-refractivity contribution in [3.8, 4) is 0 Å². The van der Waals surface area contributed by atoms with Crippen LogP contribution in [0.1, 0.15) is 24.2 Å². The van der Waals surface area contributed by atoms with Crippen LogP contribution in [0.2, 0.25) is 0 Å². The molecule has 152 valence electrons.